The highest BCUT2D eigenvalue weighted by molar-refractivity contribution is 9.10. The lowest BCUT2D eigenvalue weighted by Crippen LogP contribution is -2.19. The summed E-state index contributed by atoms with van der Waals surface area (Å²) in [4.78, 5) is 12.1. The smallest absolute Gasteiger partial charge is 0.250 e. The van der Waals surface area contributed by atoms with Crippen LogP contribution in [0.15, 0.2) is 92.8 Å². The zero-order valence-corrected chi connectivity index (χ0v) is 20.6. The number of rotatable bonds is 9. The number of hydrogen-bond donors (Lipinski definition) is 1. The van der Waals surface area contributed by atoms with Crippen LogP contribution < -0.4 is 10.2 Å². The van der Waals surface area contributed by atoms with E-state index in [9.17, 15) is 4.79 Å². The van der Waals surface area contributed by atoms with Gasteiger partial charge in [-0.3, -0.25) is 4.79 Å². The van der Waals surface area contributed by atoms with Gasteiger partial charge in [-0.15, -0.1) is 10.2 Å². The number of amides is 1. The van der Waals surface area contributed by atoms with Gasteiger partial charge in [-0.1, -0.05) is 81.5 Å². The minimum absolute atomic E-state index is 0.206. The molecule has 0 radical (unpaired) electrons. The van der Waals surface area contributed by atoms with Crippen molar-refractivity contribution < 1.29 is 9.53 Å². The summed E-state index contributed by atoms with van der Waals surface area (Å²) in [5, 5.41) is 13.2. The first-order valence-corrected chi connectivity index (χ1v) is 12.6. The minimum atomic E-state index is -0.206. The standard InChI is InChI=1S/C24H19BrN4O2S2/c25-20-10-6-18(7-11-20)15-31-21-12-8-17(9-13-21)14-26-27-22(30)16-32-24-29-28-23(33-24)19-4-2-1-3-5-19/h1-14H,15-16H2,(H,27,30). The highest BCUT2D eigenvalue weighted by Crippen LogP contribution is 2.28. The number of carbonyl (C=O) groups excluding carboxylic acids is 1. The molecule has 166 valence electrons. The molecule has 0 saturated heterocycles. The van der Waals surface area contributed by atoms with Crippen LogP contribution in [0.4, 0.5) is 0 Å². The first-order valence-electron chi connectivity index (χ1n) is 9.97. The molecular weight excluding hydrogens is 520 g/mol. The molecule has 0 atom stereocenters. The lowest BCUT2D eigenvalue weighted by Gasteiger charge is -2.06. The van der Waals surface area contributed by atoms with Gasteiger partial charge in [0, 0.05) is 10.0 Å². The number of benzene rings is 3. The predicted molar refractivity (Wildman–Crippen MR) is 137 cm³/mol. The van der Waals surface area contributed by atoms with Crippen molar-refractivity contribution in [3.05, 3.63) is 94.5 Å². The van der Waals surface area contributed by atoms with Crippen molar-refractivity contribution in [1.29, 1.82) is 0 Å². The largest absolute Gasteiger partial charge is 0.489 e. The van der Waals surface area contributed by atoms with Gasteiger partial charge in [0.2, 0.25) is 0 Å². The van der Waals surface area contributed by atoms with E-state index in [1.165, 1.54) is 23.1 Å². The van der Waals surface area contributed by atoms with Crippen molar-refractivity contribution in [2.24, 2.45) is 5.10 Å². The van der Waals surface area contributed by atoms with Crippen molar-refractivity contribution in [3.63, 3.8) is 0 Å². The molecule has 4 rings (SSSR count). The van der Waals surface area contributed by atoms with Gasteiger partial charge in [0.1, 0.15) is 17.4 Å². The van der Waals surface area contributed by atoms with E-state index in [0.29, 0.717) is 6.61 Å². The number of carbonyl (C=O) groups is 1. The molecule has 0 spiro atoms. The number of nitrogens with zero attached hydrogens (tertiary/aromatic N) is 3. The minimum Gasteiger partial charge on any atom is -0.489 e. The first-order chi connectivity index (χ1) is 16.2. The van der Waals surface area contributed by atoms with Gasteiger partial charge in [-0.2, -0.15) is 5.10 Å². The van der Waals surface area contributed by atoms with Crippen LogP contribution in [0.1, 0.15) is 11.1 Å². The Kier molecular flexibility index (Phi) is 8.24. The second-order valence-electron chi connectivity index (χ2n) is 6.81. The Morgan fingerprint density at radius 3 is 2.55 bits per heavy atom. The summed E-state index contributed by atoms with van der Waals surface area (Å²) in [6, 6.07) is 25.4. The van der Waals surface area contributed by atoms with Crippen LogP contribution in [0.3, 0.4) is 0 Å². The molecular formula is C24H19BrN4O2S2. The Morgan fingerprint density at radius 2 is 1.79 bits per heavy atom. The zero-order valence-electron chi connectivity index (χ0n) is 17.3. The van der Waals surface area contributed by atoms with Gasteiger partial charge in [0.05, 0.1) is 12.0 Å². The Balaban J connectivity index is 1.20. The average molecular weight is 539 g/mol. The van der Waals surface area contributed by atoms with Crippen LogP contribution in [-0.4, -0.2) is 28.1 Å². The van der Waals surface area contributed by atoms with E-state index in [1.54, 1.807) is 6.21 Å². The third-order valence-corrected chi connectivity index (χ3v) is 6.99. The molecule has 0 bridgehead atoms. The number of ether oxygens (including phenoxy) is 1. The van der Waals surface area contributed by atoms with E-state index >= 15 is 0 Å². The maximum Gasteiger partial charge on any atom is 0.250 e. The van der Waals surface area contributed by atoms with Crippen molar-refractivity contribution in [2.45, 2.75) is 10.9 Å². The molecule has 0 unspecified atom stereocenters. The maximum atomic E-state index is 12.1. The SMILES string of the molecule is O=C(CSc1nnc(-c2ccccc2)s1)NN=Cc1ccc(OCc2ccc(Br)cc2)cc1. The molecule has 9 heteroatoms. The summed E-state index contributed by atoms with van der Waals surface area (Å²) in [7, 11) is 0. The van der Waals surface area contributed by atoms with Crippen LogP contribution in [0.5, 0.6) is 5.75 Å². The van der Waals surface area contributed by atoms with Gasteiger partial charge in [0.15, 0.2) is 4.34 Å². The fourth-order valence-corrected chi connectivity index (χ4v) is 4.62. The van der Waals surface area contributed by atoms with Crippen molar-refractivity contribution in [3.8, 4) is 16.3 Å². The van der Waals surface area contributed by atoms with Gasteiger partial charge in [-0.25, -0.2) is 5.43 Å². The van der Waals surface area contributed by atoms with Crippen molar-refractivity contribution in [2.75, 3.05) is 5.75 Å². The number of hydrazone groups is 1. The number of hydrogen-bond acceptors (Lipinski definition) is 7. The summed E-state index contributed by atoms with van der Waals surface area (Å²) in [6.45, 7) is 0.496. The quantitative estimate of drug-likeness (QED) is 0.166. The van der Waals surface area contributed by atoms with Crippen LogP contribution in [-0.2, 0) is 11.4 Å². The predicted octanol–water partition coefficient (Wildman–Crippen LogP) is 5.79. The fourth-order valence-electron chi connectivity index (χ4n) is 2.70. The van der Waals surface area contributed by atoms with E-state index < -0.39 is 0 Å². The van der Waals surface area contributed by atoms with Gasteiger partial charge < -0.3 is 4.74 Å². The van der Waals surface area contributed by atoms with E-state index in [-0.39, 0.29) is 11.7 Å². The third kappa shape index (κ3) is 7.24. The van der Waals surface area contributed by atoms with E-state index in [2.05, 4.69) is 36.7 Å². The number of thioether (sulfide) groups is 1. The molecule has 3 aromatic carbocycles. The Morgan fingerprint density at radius 1 is 1.03 bits per heavy atom. The second kappa shape index (κ2) is 11.7. The fraction of sp³-hybridized carbons (Fsp3) is 0.0833. The van der Waals surface area contributed by atoms with Crippen molar-refractivity contribution >= 4 is 51.2 Å². The molecule has 0 aliphatic heterocycles. The van der Waals surface area contributed by atoms with E-state index in [4.69, 9.17) is 4.74 Å². The first kappa shape index (κ1) is 23.2. The maximum absolute atomic E-state index is 12.1. The molecule has 1 aromatic heterocycles. The molecule has 33 heavy (non-hydrogen) atoms. The summed E-state index contributed by atoms with van der Waals surface area (Å²) in [5.74, 6) is 0.772. The highest BCUT2D eigenvalue weighted by Gasteiger charge is 2.09. The lowest BCUT2D eigenvalue weighted by molar-refractivity contribution is -0.118. The Bertz CT molecular complexity index is 1210. The highest BCUT2D eigenvalue weighted by atomic mass is 79.9. The zero-order chi connectivity index (χ0) is 22.9. The normalized spacial score (nSPS) is 10.9. The molecule has 6 nitrogen and oxygen atoms in total. The number of halogens is 1. The van der Waals surface area contributed by atoms with Gasteiger partial charge in [0.25, 0.3) is 5.91 Å². The summed E-state index contributed by atoms with van der Waals surface area (Å²) in [5.41, 5.74) is 5.50. The van der Waals surface area contributed by atoms with Crippen LogP contribution >= 0.6 is 39.0 Å². The monoisotopic (exact) mass is 538 g/mol. The summed E-state index contributed by atoms with van der Waals surface area (Å²) in [6.07, 6.45) is 1.60. The van der Waals surface area contributed by atoms with E-state index in [0.717, 1.165) is 36.3 Å². The molecule has 0 fully saturated rings. The Labute approximate surface area is 208 Å². The number of aromatic nitrogens is 2. The number of nitrogens with one attached hydrogen (secondary N) is 1. The van der Waals surface area contributed by atoms with Gasteiger partial charge in [-0.05, 0) is 47.5 Å². The van der Waals surface area contributed by atoms with Crippen LogP contribution in [0.25, 0.3) is 10.6 Å². The molecule has 1 heterocycles. The van der Waals surface area contributed by atoms with Crippen molar-refractivity contribution in [1.82, 2.24) is 15.6 Å². The van der Waals surface area contributed by atoms with Crippen LogP contribution in [0, 0.1) is 0 Å². The molecule has 1 amide bonds. The molecule has 1 N–H and O–H groups in total. The van der Waals surface area contributed by atoms with Crippen LogP contribution in [0.2, 0.25) is 0 Å². The summed E-state index contributed by atoms with van der Waals surface area (Å²) < 4.78 is 7.57. The average Bonchev–Trinajstić information content (AvgIpc) is 3.33. The topological polar surface area (TPSA) is 76.5 Å². The molecule has 0 saturated carbocycles. The van der Waals surface area contributed by atoms with Gasteiger partial charge >= 0.3 is 0 Å². The molecule has 4 aromatic rings. The summed E-state index contributed by atoms with van der Waals surface area (Å²) >= 11 is 6.22. The lowest BCUT2D eigenvalue weighted by atomic mass is 10.2. The molecule has 0 aliphatic carbocycles. The molecule has 0 aliphatic rings. The third-order valence-electron chi connectivity index (χ3n) is 4.36. The Hall–Kier alpha value is -3.01. The van der Waals surface area contributed by atoms with E-state index in [1.807, 2.05) is 78.9 Å². The second-order valence-corrected chi connectivity index (χ2v) is 9.92.